The summed E-state index contributed by atoms with van der Waals surface area (Å²) >= 11 is 0. The van der Waals surface area contributed by atoms with Gasteiger partial charge in [0.1, 0.15) is 5.82 Å². The average Bonchev–Trinajstić information content (AvgIpc) is 3.64. The lowest BCUT2D eigenvalue weighted by molar-refractivity contribution is 0.628. The van der Waals surface area contributed by atoms with E-state index in [2.05, 4.69) is 210 Å². The van der Waals surface area contributed by atoms with Gasteiger partial charge in [0.25, 0.3) is 0 Å². The van der Waals surface area contributed by atoms with E-state index in [1.165, 1.54) is 66.6 Å². The van der Waals surface area contributed by atoms with Gasteiger partial charge in [-0.1, -0.05) is 146 Å². The fourth-order valence-electron chi connectivity index (χ4n) is 8.78. The van der Waals surface area contributed by atoms with Crippen LogP contribution in [-0.4, -0.2) is 4.57 Å². The molecule has 0 unspecified atom stereocenters. The second-order valence-corrected chi connectivity index (χ2v) is 15.1. The topological polar surface area (TPSA) is 8.17 Å². The molecule has 2 nitrogen and oxygen atoms in total. The molecule has 3 heteroatoms. The minimum atomic E-state index is -0.237. The van der Waals surface area contributed by atoms with E-state index in [1.54, 1.807) is 0 Å². The van der Waals surface area contributed by atoms with Crippen LogP contribution in [0.3, 0.4) is 0 Å². The summed E-state index contributed by atoms with van der Waals surface area (Å²) in [5.74, 6) is -0.237. The van der Waals surface area contributed by atoms with Crippen LogP contribution < -0.4 is 4.90 Å². The zero-order valence-electron chi connectivity index (χ0n) is 32.1. The van der Waals surface area contributed by atoms with E-state index in [4.69, 9.17) is 0 Å². The second kappa shape index (κ2) is 14.3. The van der Waals surface area contributed by atoms with Crippen molar-refractivity contribution in [2.45, 2.75) is 0 Å². The largest absolute Gasteiger partial charge is 0.311 e. The molecule has 0 saturated heterocycles. The Kier molecular flexibility index (Phi) is 8.37. The molecule has 11 aromatic rings. The molecule has 0 amide bonds. The minimum Gasteiger partial charge on any atom is -0.311 e. The van der Waals surface area contributed by atoms with Crippen molar-refractivity contribution < 1.29 is 4.39 Å². The lowest BCUT2D eigenvalue weighted by Gasteiger charge is -2.26. The van der Waals surface area contributed by atoms with Crippen LogP contribution in [0.15, 0.2) is 224 Å². The standard InChI is InChI=1S/C56H37FN2/c57-44-27-21-39(22-28-44)41-25-31-46(32-26-41)58(47-33-35-48(36-34-47)59-55-15-7-5-13-52(55)53-14-6-8-16-56(53)59)45-29-23-40(24-30-45)38-17-19-42(20-18-38)54-37-43-9-1-2-10-49(43)50-11-3-4-12-51(50)54/h1-37H. The molecule has 11 rings (SSSR count). The van der Waals surface area contributed by atoms with Crippen LogP contribution in [0.4, 0.5) is 21.5 Å². The molecule has 1 heterocycles. The maximum absolute atomic E-state index is 13.7. The zero-order chi connectivity index (χ0) is 39.3. The second-order valence-electron chi connectivity index (χ2n) is 15.1. The Morgan fingerprint density at radius 3 is 1.25 bits per heavy atom. The number of rotatable bonds is 7. The molecule has 10 aromatic carbocycles. The van der Waals surface area contributed by atoms with Crippen molar-refractivity contribution in [1.82, 2.24) is 4.57 Å². The van der Waals surface area contributed by atoms with E-state index < -0.39 is 0 Å². The van der Waals surface area contributed by atoms with E-state index in [0.29, 0.717) is 0 Å². The lowest BCUT2D eigenvalue weighted by atomic mass is 9.92. The number of nitrogens with zero attached hydrogens (tertiary/aromatic N) is 2. The van der Waals surface area contributed by atoms with Crippen LogP contribution in [0.2, 0.25) is 0 Å². The Hall–Kier alpha value is -7.75. The first-order chi connectivity index (χ1) is 29.2. The van der Waals surface area contributed by atoms with Crippen LogP contribution in [0.25, 0.3) is 82.4 Å². The van der Waals surface area contributed by atoms with Gasteiger partial charge < -0.3 is 9.47 Å². The highest BCUT2D eigenvalue weighted by Crippen LogP contribution is 2.40. The first-order valence-electron chi connectivity index (χ1n) is 20.0. The van der Waals surface area contributed by atoms with E-state index >= 15 is 0 Å². The minimum absolute atomic E-state index is 0.237. The van der Waals surface area contributed by atoms with E-state index in [1.807, 2.05) is 12.1 Å². The summed E-state index contributed by atoms with van der Waals surface area (Å²) in [7, 11) is 0. The number of aromatic nitrogens is 1. The lowest BCUT2D eigenvalue weighted by Crippen LogP contribution is -2.10. The Morgan fingerprint density at radius 2 is 0.712 bits per heavy atom. The SMILES string of the molecule is Fc1ccc(-c2ccc(N(c3ccc(-c4ccc(-c5cc6ccccc6c6ccccc56)cc4)cc3)c3ccc(-n4c5ccccc5c5ccccc54)cc3)cc2)cc1. The van der Waals surface area contributed by atoms with E-state index in [9.17, 15) is 4.39 Å². The number of benzene rings is 10. The summed E-state index contributed by atoms with van der Waals surface area (Å²) in [6.07, 6.45) is 0. The molecule has 0 aliphatic carbocycles. The van der Waals surface area contributed by atoms with Gasteiger partial charge in [0.15, 0.2) is 0 Å². The smallest absolute Gasteiger partial charge is 0.123 e. The quantitative estimate of drug-likeness (QED) is 0.147. The van der Waals surface area contributed by atoms with Crippen molar-refractivity contribution in [3.8, 4) is 39.1 Å². The Bertz CT molecular complexity index is 3240. The summed E-state index contributed by atoms with van der Waals surface area (Å²) in [6.45, 7) is 0. The van der Waals surface area contributed by atoms with E-state index in [-0.39, 0.29) is 5.82 Å². The number of halogens is 1. The molecule has 0 aliphatic rings. The Morgan fingerprint density at radius 1 is 0.322 bits per heavy atom. The highest BCUT2D eigenvalue weighted by atomic mass is 19.1. The summed E-state index contributed by atoms with van der Waals surface area (Å²) in [5.41, 5.74) is 13.4. The molecule has 59 heavy (non-hydrogen) atoms. The molecular formula is C56H37FN2. The maximum Gasteiger partial charge on any atom is 0.123 e. The van der Waals surface area contributed by atoms with Crippen LogP contribution in [0.5, 0.6) is 0 Å². The fourth-order valence-corrected chi connectivity index (χ4v) is 8.78. The third kappa shape index (κ3) is 6.12. The van der Waals surface area contributed by atoms with Crippen molar-refractivity contribution in [3.05, 3.63) is 230 Å². The van der Waals surface area contributed by atoms with Gasteiger partial charge in [0.2, 0.25) is 0 Å². The molecule has 1 aromatic heterocycles. The average molecular weight is 757 g/mol. The highest BCUT2D eigenvalue weighted by molar-refractivity contribution is 6.14. The van der Waals surface area contributed by atoms with Crippen LogP contribution in [0.1, 0.15) is 0 Å². The van der Waals surface area contributed by atoms with Gasteiger partial charge in [-0.2, -0.15) is 0 Å². The monoisotopic (exact) mass is 756 g/mol. The summed E-state index contributed by atoms with van der Waals surface area (Å²) in [4.78, 5) is 2.29. The fraction of sp³-hybridized carbons (Fsp3) is 0. The highest BCUT2D eigenvalue weighted by Gasteiger charge is 2.16. The molecule has 0 aliphatic heterocycles. The van der Waals surface area contributed by atoms with Crippen molar-refractivity contribution in [3.63, 3.8) is 0 Å². The van der Waals surface area contributed by atoms with E-state index in [0.717, 1.165) is 45.0 Å². The van der Waals surface area contributed by atoms with Gasteiger partial charge in [0.05, 0.1) is 11.0 Å². The summed E-state index contributed by atoms with van der Waals surface area (Å²) in [6, 6.07) is 78.6. The zero-order valence-corrected chi connectivity index (χ0v) is 32.1. The van der Waals surface area contributed by atoms with Crippen molar-refractivity contribution in [1.29, 1.82) is 0 Å². The van der Waals surface area contributed by atoms with Gasteiger partial charge in [-0.05, 0) is 134 Å². The molecule has 0 fully saturated rings. The normalized spacial score (nSPS) is 11.5. The Balaban J connectivity index is 0.953. The van der Waals surface area contributed by atoms with Gasteiger partial charge >= 0.3 is 0 Å². The number of hydrogen-bond donors (Lipinski definition) is 0. The molecular weight excluding hydrogens is 720 g/mol. The first kappa shape index (κ1) is 34.5. The van der Waals surface area contributed by atoms with Gasteiger partial charge in [-0.3, -0.25) is 0 Å². The molecule has 0 spiro atoms. The first-order valence-corrected chi connectivity index (χ1v) is 20.0. The van der Waals surface area contributed by atoms with Gasteiger partial charge in [-0.15, -0.1) is 0 Å². The van der Waals surface area contributed by atoms with Crippen molar-refractivity contribution in [2.24, 2.45) is 0 Å². The molecule has 0 radical (unpaired) electrons. The predicted molar refractivity (Wildman–Crippen MR) is 247 cm³/mol. The number of hydrogen-bond acceptors (Lipinski definition) is 1. The third-order valence-electron chi connectivity index (χ3n) is 11.7. The number of anilines is 3. The molecule has 0 N–H and O–H groups in total. The maximum atomic E-state index is 13.7. The summed E-state index contributed by atoms with van der Waals surface area (Å²) in [5, 5.41) is 7.55. The van der Waals surface area contributed by atoms with Crippen LogP contribution >= 0.6 is 0 Å². The molecule has 0 bridgehead atoms. The molecule has 278 valence electrons. The van der Waals surface area contributed by atoms with Crippen LogP contribution in [0, 0.1) is 5.82 Å². The Labute approximate surface area is 342 Å². The molecule has 0 saturated carbocycles. The predicted octanol–water partition coefficient (Wildman–Crippen LogP) is 15.7. The summed E-state index contributed by atoms with van der Waals surface area (Å²) < 4.78 is 16.1. The molecule has 0 atom stereocenters. The third-order valence-corrected chi connectivity index (χ3v) is 11.7. The van der Waals surface area contributed by atoms with Gasteiger partial charge in [-0.25, -0.2) is 4.39 Å². The van der Waals surface area contributed by atoms with Gasteiger partial charge in [0, 0.05) is 33.5 Å². The van der Waals surface area contributed by atoms with Crippen molar-refractivity contribution >= 4 is 60.4 Å². The van der Waals surface area contributed by atoms with Crippen molar-refractivity contribution in [2.75, 3.05) is 4.90 Å². The number of fused-ring (bicyclic) bond motifs is 6. The number of para-hydroxylation sites is 2. The van der Waals surface area contributed by atoms with Crippen LogP contribution in [-0.2, 0) is 0 Å².